The maximum atomic E-state index is 14.1. The van der Waals surface area contributed by atoms with Crippen LogP contribution < -0.4 is 0 Å². The summed E-state index contributed by atoms with van der Waals surface area (Å²) < 4.78 is 14.1. The van der Waals surface area contributed by atoms with Gasteiger partial charge < -0.3 is 9.80 Å². The Labute approximate surface area is 206 Å². The Morgan fingerprint density at radius 3 is 2.50 bits per heavy atom. The summed E-state index contributed by atoms with van der Waals surface area (Å²) in [5.74, 6) is -0.106. The molecule has 0 N–H and O–H groups in total. The lowest BCUT2D eigenvalue weighted by molar-refractivity contribution is -0.141. The molecular weight excluding hydrogens is 449 g/mol. The van der Waals surface area contributed by atoms with Crippen molar-refractivity contribution >= 4 is 29.7 Å². The summed E-state index contributed by atoms with van der Waals surface area (Å²) in [7, 11) is 1.84. The van der Waals surface area contributed by atoms with Gasteiger partial charge in [-0.05, 0) is 44.2 Å². The molecule has 1 aromatic carbocycles. The largest absolute Gasteiger partial charge is 0.340 e. The Balaban J connectivity index is 1.19. The van der Waals surface area contributed by atoms with Gasteiger partial charge >= 0.3 is 0 Å². The van der Waals surface area contributed by atoms with Gasteiger partial charge in [0.15, 0.2) is 0 Å². The van der Waals surface area contributed by atoms with E-state index in [0.717, 1.165) is 45.4 Å². The van der Waals surface area contributed by atoms with Gasteiger partial charge in [-0.1, -0.05) is 37.5 Å². The van der Waals surface area contributed by atoms with Crippen LogP contribution in [0, 0.1) is 11.7 Å². The van der Waals surface area contributed by atoms with Gasteiger partial charge in [-0.2, -0.15) is 0 Å². The molecule has 2 amide bonds. The van der Waals surface area contributed by atoms with E-state index < -0.39 is 0 Å². The lowest BCUT2D eigenvalue weighted by Crippen LogP contribution is -2.56. The number of hydrogen-bond donors (Lipinski definition) is 0. The van der Waals surface area contributed by atoms with Crippen molar-refractivity contribution in [2.24, 2.45) is 5.92 Å². The number of halogens is 1. The number of likely N-dealkylation sites (N-methyl/N-ethyl adjacent to an activating group) is 1. The molecule has 2 heterocycles. The quantitative estimate of drug-likeness (QED) is 0.596. The highest BCUT2D eigenvalue weighted by atomic mass is 32.2. The van der Waals surface area contributed by atoms with Crippen molar-refractivity contribution in [3.05, 3.63) is 40.6 Å². The summed E-state index contributed by atoms with van der Waals surface area (Å²) in [5, 5.41) is 0.257. The van der Waals surface area contributed by atoms with Gasteiger partial charge in [0.2, 0.25) is 5.91 Å². The fourth-order valence-electron chi connectivity index (χ4n) is 6.27. The number of nitrogens with zero attached hydrogens (tertiary/aromatic N) is 3. The predicted molar refractivity (Wildman–Crippen MR) is 135 cm³/mol. The monoisotopic (exact) mass is 485 g/mol. The van der Waals surface area contributed by atoms with E-state index in [2.05, 4.69) is 9.80 Å². The number of carbonyl (C=O) groups is 2. The molecule has 3 atom stereocenters. The molecule has 5 nitrogen and oxygen atoms in total. The van der Waals surface area contributed by atoms with E-state index in [0.29, 0.717) is 16.5 Å². The summed E-state index contributed by atoms with van der Waals surface area (Å²) in [6.45, 7) is 3.65. The van der Waals surface area contributed by atoms with Crippen molar-refractivity contribution in [2.45, 2.75) is 68.7 Å². The lowest BCUT2D eigenvalue weighted by atomic mass is 9.83. The molecule has 2 aliphatic carbocycles. The van der Waals surface area contributed by atoms with Crippen LogP contribution in [-0.2, 0) is 9.59 Å². The third kappa shape index (κ3) is 4.92. The molecule has 184 valence electrons. The van der Waals surface area contributed by atoms with E-state index in [4.69, 9.17) is 0 Å². The Kier molecular flexibility index (Phi) is 7.30. The molecule has 1 aromatic rings. The van der Waals surface area contributed by atoms with Gasteiger partial charge in [0.1, 0.15) is 5.82 Å². The third-order valence-electron chi connectivity index (χ3n) is 8.32. The second-order valence-electron chi connectivity index (χ2n) is 10.3. The molecule has 2 aliphatic heterocycles. The Morgan fingerprint density at radius 1 is 1.03 bits per heavy atom. The molecular formula is C27H36FN3O2S. The van der Waals surface area contributed by atoms with E-state index in [-0.39, 0.29) is 34.8 Å². The van der Waals surface area contributed by atoms with Crippen molar-refractivity contribution in [1.82, 2.24) is 14.7 Å². The molecule has 7 heteroatoms. The number of rotatable bonds is 3. The topological polar surface area (TPSA) is 43.9 Å². The standard InChI is InChI=1S/C27H36FN3O2S/c1-29-23-17-20(26(32)31-15-13-30(14-16-31)21-8-3-2-4-9-21)11-12-24(23)34-25(27(29)33)18-19-7-5-6-10-22(19)28/h5-7,10,18,20-21,23-24H,2-4,8-9,11-17H2,1H3/b25-18+. The van der Waals surface area contributed by atoms with Crippen LogP contribution in [0.25, 0.3) is 6.08 Å². The molecule has 0 bridgehead atoms. The molecule has 0 aromatic heterocycles. The second kappa shape index (κ2) is 10.4. The zero-order valence-corrected chi connectivity index (χ0v) is 20.9. The molecule has 5 rings (SSSR count). The third-order valence-corrected chi connectivity index (χ3v) is 9.72. The molecule has 34 heavy (non-hydrogen) atoms. The van der Waals surface area contributed by atoms with Crippen molar-refractivity contribution in [1.29, 1.82) is 0 Å². The summed E-state index contributed by atoms with van der Waals surface area (Å²) in [6, 6.07) is 7.33. The van der Waals surface area contributed by atoms with Crippen molar-refractivity contribution in [3.8, 4) is 0 Å². The van der Waals surface area contributed by atoms with Crippen LogP contribution in [0.5, 0.6) is 0 Å². The average molecular weight is 486 g/mol. The first-order chi connectivity index (χ1) is 16.5. The summed E-state index contributed by atoms with van der Waals surface area (Å²) in [6.07, 6.45) is 10.9. The lowest BCUT2D eigenvalue weighted by Gasteiger charge is -2.46. The molecule has 4 aliphatic rings. The van der Waals surface area contributed by atoms with E-state index in [1.807, 2.05) is 7.05 Å². The fourth-order valence-corrected chi connectivity index (χ4v) is 7.74. The van der Waals surface area contributed by atoms with Crippen LogP contribution in [-0.4, -0.2) is 77.1 Å². The van der Waals surface area contributed by atoms with Crippen LogP contribution in [0.3, 0.4) is 0 Å². The van der Waals surface area contributed by atoms with E-state index in [1.54, 1.807) is 40.9 Å². The highest BCUT2D eigenvalue weighted by Gasteiger charge is 2.44. The van der Waals surface area contributed by atoms with E-state index in [9.17, 15) is 14.0 Å². The smallest absolute Gasteiger partial charge is 0.260 e. The van der Waals surface area contributed by atoms with Gasteiger partial charge in [0.05, 0.1) is 4.91 Å². The van der Waals surface area contributed by atoms with Crippen molar-refractivity contribution in [3.63, 3.8) is 0 Å². The second-order valence-corrected chi connectivity index (χ2v) is 11.6. The molecule has 2 saturated carbocycles. The highest BCUT2D eigenvalue weighted by molar-refractivity contribution is 8.04. The first-order valence-corrected chi connectivity index (χ1v) is 13.8. The number of thioether (sulfide) groups is 1. The maximum Gasteiger partial charge on any atom is 0.260 e. The van der Waals surface area contributed by atoms with Crippen LogP contribution in [0.4, 0.5) is 4.39 Å². The number of piperazine rings is 1. The first-order valence-electron chi connectivity index (χ1n) is 12.9. The number of amides is 2. The fraction of sp³-hybridized carbons (Fsp3) is 0.630. The zero-order valence-electron chi connectivity index (χ0n) is 20.1. The van der Waals surface area contributed by atoms with Crippen LogP contribution >= 0.6 is 11.8 Å². The number of carbonyl (C=O) groups excluding carboxylic acids is 2. The average Bonchev–Trinajstić information content (AvgIpc) is 2.88. The number of benzene rings is 1. The SMILES string of the molecule is CN1C(=O)/C(=C\c2ccccc2F)SC2CCC(C(=O)N3CCN(C4CCCCC4)CC3)CC21. The Morgan fingerprint density at radius 2 is 1.76 bits per heavy atom. The number of fused-ring (bicyclic) bond motifs is 1. The normalized spacial score (nSPS) is 30.5. The van der Waals surface area contributed by atoms with Crippen LogP contribution in [0.1, 0.15) is 56.9 Å². The van der Waals surface area contributed by atoms with Crippen molar-refractivity contribution in [2.75, 3.05) is 33.2 Å². The summed E-state index contributed by atoms with van der Waals surface area (Å²) in [5.41, 5.74) is 0.446. The van der Waals surface area contributed by atoms with Gasteiger partial charge in [-0.15, -0.1) is 11.8 Å². The Hall–Kier alpha value is -1.86. The minimum absolute atomic E-state index is 0.00423. The first kappa shape index (κ1) is 23.9. The number of hydrogen-bond acceptors (Lipinski definition) is 4. The van der Waals surface area contributed by atoms with E-state index in [1.165, 1.54) is 38.2 Å². The maximum absolute atomic E-state index is 14.1. The van der Waals surface area contributed by atoms with Gasteiger partial charge in [0, 0.05) is 62.0 Å². The predicted octanol–water partition coefficient (Wildman–Crippen LogP) is 4.39. The van der Waals surface area contributed by atoms with E-state index >= 15 is 0 Å². The molecule has 2 saturated heterocycles. The molecule has 4 fully saturated rings. The Bertz CT molecular complexity index is 940. The van der Waals surface area contributed by atoms with Crippen LogP contribution in [0.2, 0.25) is 0 Å². The van der Waals surface area contributed by atoms with Gasteiger partial charge in [-0.25, -0.2) is 4.39 Å². The zero-order chi connectivity index (χ0) is 23.7. The minimum atomic E-state index is -0.314. The van der Waals surface area contributed by atoms with Crippen LogP contribution in [0.15, 0.2) is 29.2 Å². The molecule has 0 spiro atoms. The molecule has 3 unspecified atom stereocenters. The van der Waals surface area contributed by atoms with Gasteiger partial charge in [-0.3, -0.25) is 14.5 Å². The van der Waals surface area contributed by atoms with Gasteiger partial charge in [0.25, 0.3) is 5.91 Å². The van der Waals surface area contributed by atoms with Crippen molar-refractivity contribution < 1.29 is 14.0 Å². The highest BCUT2D eigenvalue weighted by Crippen LogP contribution is 2.43. The summed E-state index contributed by atoms with van der Waals surface area (Å²) >= 11 is 1.57. The summed E-state index contributed by atoms with van der Waals surface area (Å²) in [4.78, 5) is 33.5. The minimum Gasteiger partial charge on any atom is -0.340 e. The molecule has 0 radical (unpaired) electrons.